The Hall–Kier alpha value is -2.16. The summed E-state index contributed by atoms with van der Waals surface area (Å²) in [4.78, 5) is 12.0. The highest BCUT2D eigenvalue weighted by atomic mass is 19.1. The standard InChI is InChI=1S/C24H32FNO/c1-16(2)26-23(27)20-12-10-19(11-13-20)22(25)18(4)9-14-21-17(3)8-7-15-24(21,5)6/h9-14,16H,7-8,15H2,1-6H3,(H,26,27)/b14-9+,22-18-. The Bertz CT molecular complexity index is 779. The Morgan fingerprint density at radius 3 is 2.33 bits per heavy atom. The summed E-state index contributed by atoms with van der Waals surface area (Å²) in [5, 5.41) is 2.84. The van der Waals surface area contributed by atoms with Gasteiger partial charge >= 0.3 is 0 Å². The molecule has 0 spiro atoms. The van der Waals surface area contributed by atoms with E-state index in [4.69, 9.17) is 0 Å². The molecule has 0 atom stereocenters. The van der Waals surface area contributed by atoms with E-state index in [0.717, 1.165) is 12.8 Å². The molecule has 0 aliphatic heterocycles. The van der Waals surface area contributed by atoms with Gasteiger partial charge in [-0.2, -0.15) is 0 Å². The summed E-state index contributed by atoms with van der Waals surface area (Å²) in [5.41, 5.74) is 4.49. The molecule has 1 aromatic carbocycles. The molecule has 0 heterocycles. The van der Waals surface area contributed by atoms with E-state index in [-0.39, 0.29) is 23.2 Å². The molecule has 0 radical (unpaired) electrons. The predicted octanol–water partition coefficient (Wildman–Crippen LogP) is 6.61. The number of hydrogen-bond donors (Lipinski definition) is 1. The van der Waals surface area contributed by atoms with Crippen molar-refractivity contribution in [3.8, 4) is 0 Å². The second-order valence-corrected chi connectivity index (χ2v) is 8.47. The Morgan fingerprint density at radius 1 is 1.19 bits per heavy atom. The zero-order valence-electron chi connectivity index (χ0n) is 17.4. The SMILES string of the molecule is CC1=C(/C=C/C(C)=C(\F)c2ccc(C(=O)NC(C)C)cc2)C(C)(C)CCC1. The van der Waals surface area contributed by atoms with E-state index in [0.29, 0.717) is 16.7 Å². The van der Waals surface area contributed by atoms with Crippen LogP contribution in [0.1, 0.15) is 76.7 Å². The van der Waals surface area contributed by atoms with Crippen LogP contribution in [0.4, 0.5) is 4.39 Å². The number of benzene rings is 1. The fraction of sp³-hybridized carbons (Fsp3) is 0.458. The molecule has 0 bridgehead atoms. The predicted molar refractivity (Wildman–Crippen MR) is 112 cm³/mol. The largest absolute Gasteiger partial charge is 0.350 e. The van der Waals surface area contributed by atoms with E-state index >= 15 is 0 Å². The average molecular weight is 370 g/mol. The third kappa shape index (κ3) is 5.41. The molecule has 1 amide bonds. The summed E-state index contributed by atoms with van der Waals surface area (Å²) in [7, 11) is 0. The summed E-state index contributed by atoms with van der Waals surface area (Å²) >= 11 is 0. The van der Waals surface area contributed by atoms with Crippen molar-refractivity contribution in [3.63, 3.8) is 0 Å². The summed E-state index contributed by atoms with van der Waals surface area (Å²) in [6, 6.07) is 6.73. The molecular weight excluding hydrogens is 337 g/mol. The minimum Gasteiger partial charge on any atom is -0.350 e. The number of halogens is 1. The minimum absolute atomic E-state index is 0.0722. The topological polar surface area (TPSA) is 29.1 Å². The van der Waals surface area contributed by atoms with Crippen LogP contribution in [0, 0.1) is 5.41 Å². The van der Waals surface area contributed by atoms with Crippen LogP contribution in [0.2, 0.25) is 0 Å². The van der Waals surface area contributed by atoms with Crippen LogP contribution >= 0.6 is 0 Å². The molecule has 2 nitrogen and oxygen atoms in total. The molecule has 0 unspecified atom stereocenters. The molecule has 0 saturated heterocycles. The molecule has 0 aromatic heterocycles. The van der Waals surface area contributed by atoms with Crippen molar-refractivity contribution in [2.45, 2.75) is 66.8 Å². The van der Waals surface area contributed by atoms with E-state index < -0.39 is 0 Å². The maximum absolute atomic E-state index is 14.8. The van der Waals surface area contributed by atoms with Crippen molar-refractivity contribution in [1.82, 2.24) is 5.32 Å². The highest BCUT2D eigenvalue weighted by Crippen LogP contribution is 2.41. The van der Waals surface area contributed by atoms with Gasteiger partial charge in [0.25, 0.3) is 5.91 Å². The Balaban J connectivity index is 2.21. The number of nitrogens with one attached hydrogen (secondary N) is 1. The number of carbonyl (C=O) groups excluding carboxylic acids is 1. The molecule has 146 valence electrons. The van der Waals surface area contributed by atoms with E-state index in [1.807, 2.05) is 19.9 Å². The van der Waals surface area contributed by atoms with Crippen molar-refractivity contribution in [2.75, 3.05) is 0 Å². The summed E-state index contributed by atoms with van der Waals surface area (Å²) < 4.78 is 14.8. The van der Waals surface area contributed by atoms with Crippen LogP contribution in [0.15, 0.2) is 53.1 Å². The first-order valence-corrected chi connectivity index (χ1v) is 9.78. The Kier molecular flexibility index (Phi) is 6.80. The van der Waals surface area contributed by atoms with Crippen molar-refractivity contribution >= 4 is 11.7 Å². The van der Waals surface area contributed by atoms with E-state index in [2.05, 4.69) is 32.2 Å². The first-order chi connectivity index (χ1) is 12.6. The second kappa shape index (κ2) is 8.69. The van der Waals surface area contributed by atoms with Gasteiger partial charge in [-0.1, -0.05) is 43.7 Å². The maximum atomic E-state index is 14.8. The fourth-order valence-electron chi connectivity index (χ4n) is 3.63. The fourth-order valence-corrected chi connectivity index (χ4v) is 3.63. The van der Waals surface area contributed by atoms with Crippen LogP contribution in [0.25, 0.3) is 5.83 Å². The third-order valence-corrected chi connectivity index (χ3v) is 5.21. The van der Waals surface area contributed by atoms with Gasteiger partial charge in [-0.3, -0.25) is 4.79 Å². The molecule has 0 saturated carbocycles. The zero-order valence-corrected chi connectivity index (χ0v) is 17.4. The van der Waals surface area contributed by atoms with Gasteiger partial charge in [-0.05, 0) is 75.7 Å². The number of allylic oxidation sites excluding steroid dienone is 5. The smallest absolute Gasteiger partial charge is 0.251 e. The number of hydrogen-bond acceptors (Lipinski definition) is 1. The van der Waals surface area contributed by atoms with Gasteiger partial charge in [0.15, 0.2) is 0 Å². The first-order valence-electron chi connectivity index (χ1n) is 9.78. The lowest BCUT2D eigenvalue weighted by molar-refractivity contribution is 0.0943. The van der Waals surface area contributed by atoms with Crippen LogP contribution in [0.3, 0.4) is 0 Å². The highest BCUT2D eigenvalue weighted by Gasteiger charge is 2.26. The lowest BCUT2D eigenvalue weighted by atomic mass is 9.72. The van der Waals surface area contributed by atoms with Crippen molar-refractivity contribution in [3.05, 3.63) is 64.3 Å². The van der Waals surface area contributed by atoms with Gasteiger partial charge in [-0.15, -0.1) is 0 Å². The molecule has 0 fully saturated rings. The molecule has 1 aliphatic carbocycles. The maximum Gasteiger partial charge on any atom is 0.251 e. The Morgan fingerprint density at radius 2 is 1.78 bits per heavy atom. The third-order valence-electron chi connectivity index (χ3n) is 5.21. The van der Waals surface area contributed by atoms with Crippen LogP contribution in [-0.2, 0) is 0 Å². The zero-order chi connectivity index (χ0) is 20.2. The van der Waals surface area contributed by atoms with E-state index in [1.54, 1.807) is 31.2 Å². The van der Waals surface area contributed by atoms with Crippen molar-refractivity contribution in [1.29, 1.82) is 0 Å². The van der Waals surface area contributed by atoms with Crippen LogP contribution in [-0.4, -0.2) is 11.9 Å². The lowest BCUT2D eigenvalue weighted by Crippen LogP contribution is -2.29. The van der Waals surface area contributed by atoms with E-state index in [9.17, 15) is 9.18 Å². The molecule has 3 heteroatoms. The normalized spacial score (nSPS) is 18.1. The van der Waals surface area contributed by atoms with Crippen molar-refractivity contribution in [2.24, 2.45) is 5.41 Å². The number of rotatable bonds is 5. The molecule has 1 aliphatic rings. The Labute approximate surface area is 163 Å². The van der Waals surface area contributed by atoms with Gasteiger partial charge in [-0.25, -0.2) is 4.39 Å². The molecular formula is C24H32FNO. The van der Waals surface area contributed by atoms with Gasteiger partial charge in [0.1, 0.15) is 5.83 Å². The molecule has 27 heavy (non-hydrogen) atoms. The van der Waals surface area contributed by atoms with Gasteiger partial charge in [0.05, 0.1) is 0 Å². The summed E-state index contributed by atoms with van der Waals surface area (Å²) in [5.74, 6) is -0.395. The molecule has 1 aromatic rings. The number of amides is 1. The molecule has 1 N–H and O–H groups in total. The summed E-state index contributed by atoms with van der Waals surface area (Å²) in [6.45, 7) is 12.3. The second-order valence-electron chi connectivity index (χ2n) is 8.47. The monoisotopic (exact) mass is 369 g/mol. The van der Waals surface area contributed by atoms with Crippen molar-refractivity contribution < 1.29 is 9.18 Å². The highest BCUT2D eigenvalue weighted by molar-refractivity contribution is 5.94. The lowest BCUT2D eigenvalue weighted by Gasteiger charge is -2.33. The van der Waals surface area contributed by atoms with Crippen LogP contribution < -0.4 is 5.32 Å². The molecule has 2 rings (SSSR count). The van der Waals surface area contributed by atoms with Gasteiger partial charge < -0.3 is 5.32 Å². The summed E-state index contributed by atoms with van der Waals surface area (Å²) in [6.07, 6.45) is 7.45. The first kappa shape index (κ1) is 21.1. The van der Waals surface area contributed by atoms with Gasteiger partial charge in [0, 0.05) is 17.2 Å². The van der Waals surface area contributed by atoms with E-state index in [1.165, 1.54) is 17.6 Å². The van der Waals surface area contributed by atoms with Gasteiger partial charge in [0.2, 0.25) is 0 Å². The quantitative estimate of drug-likeness (QED) is 0.581. The average Bonchev–Trinajstić information content (AvgIpc) is 2.59. The minimum atomic E-state index is -0.256. The number of carbonyl (C=O) groups is 1. The van der Waals surface area contributed by atoms with Crippen LogP contribution in [0.5, 0.6) is 0 Å².